The Morgan fingerprint density at radius 1 is 1.27 bits per heavy atom. The van der Waals surface area contributed by atoms with Crippen LogP contribution in [-0.4, -0.2) is 62.4 Å². The van der Waals surface area contributed by atoms with Gasteiger partial charge in [-0.05, 0) is 50.1 Å². The van der Waals surface area contributed by atoms with Crippen LogP contribution >= 0.6 is 0 Å². The molecular formula is C22H33N5O3. The van der Waals surface area contributed by atoms with Crippen LogP contribution in [0.1, 0.15) is 25.5 Å². The SMILES string of the molecule is CCNC(=NCc1ccn(-c2ccc(OC)cc2)n1)NCCCOCC1CCOC1. The molecule has 0 radical (unpaired) electrons. The molecule has 1 atom stereocenters. The van der Waals surface area contributed by atoms with Gasteiger partial charge in [0.15, 0.2) is 5.96 Å². The van der Waals surface area contributed by atoms with Crippen molar-refractivity contribution < 1.29 is 14.2 Å². The number of rotatable bonds is 11. The van der Waals surface area contributed by atoms with Gasteiger partial charge in [0.25, 0.3) is 0 Å². The number of benzene rings is 1. The third kappa shape index (κ3) is 7.03. The van der Waals surface area contributed by atoms with Gasteiger partial charge in [0, 0.05) is 38.4 Å². The summed E-state index contributed by atoms with van der Waals surface area (Å²) in [6.45, 7) is 7.44. The zero-order valence-corrected chi connectivity index (χ0v) is 18.0. The Kier molecular flexibility index (Phi) is 8.99. The highest BCUT2D eigenvalue weighted by atomic mass is 16.5. The van der Waals surface area contributed by atoms with E-state index in [1.807, 2.05) is 41.2 Å². The van der Waals surface area contributed by atoms with Crippen LogP contribution in [0.25, 0.3) is 5.69 Å². The Balaban J connectivity index is 1.41. The molecule has 2 aromatic rings. The van der Waals surface area contributed by atoms with E-state index in [0.717, 1.165) is 75.4 Å². The van der Waals surface area contributed by atoms with E-state index in [-0.39, 0.29) is 0 Å². The smallest absolute Gasteiger partial charge is 0.191 e. The fourth-order valence-electron chi connectivity index (χ4n) is 3.17. The van der Waals surface area contributed by atoms with Gasteiger partial charge in [-0.3, -0.25) is 0 Å². The number of guanidine groups is 1. The lowest BCUT2D eigenvalue weighted by Crippen LogP contribution is -2.38. The van der Waals surface area contributed by atoms with E-state index >= 15 is 0 Å². The minimum Gasteiger partial charge on any atom is -0.497 e. The van der Waals surface area contributed by atoms with Crippen LogP contribution in [-0.2, 0) is 16.0 Å². The first-order valence-electron chi connectivity index (χ1n) is 10.6. The predicted molar refractivity (Wildman–Crippen MR) is 117 cm³/mol. The van der Waals surface area contributed by atoms with E-state index in [2.05, 4.69) is 27.6 Å². The Hall–Kier alpha value is -2.58. The maximum Gasteiger partial charge on any atom is 0.191 e. The molecule has 1 aliphatic rings. The molecule has 2 heterocycles. The monoisotopic (exact) mass is 415 g/mol. The van der Waals surface area contributed by atoms with Gasteiger partial charge in [0.1, 0.15) is 5.75 Å². The van der Waals surface area contributed by atoms with Gasteiger partial charge in [-0.15, -0.1) is 0 Å². The number of hydrogen-bond acceptors (Lipinski definition) is 5. The van der Waals surface area contributed by atoms with Gasteiger partial charge < -0.3 is 24.8 Å². The number of aromatic nitrogens is 2. The lowest BCUT2D eigenvalue weighted by molar-refractivity contribution is 0.0888. The number of methoxy groups -OCH3 is 1. The highest BCUT2D eigenvalue weighted by molar-refractivity contribution is 5.79. The average Bonchev–Trinajstić information content (AvgIpc) is 3.46. The molecule has 164 valence electrons. The number of nitrogens with zero attached hydrogens (tertiary/aromatic N) is 3. The number of nitrogens with one attached hydrogen (secondary N) is 2. The summed E-state index contributed by atoms with van der Waals surface area (Å²) in [6.07, 6.45) is 3.99. The van der Waals surface area contributed by atoms with Crippen LogP contribution < -0.4 is 15.4 Å². The van der Waals surface area contributed by atoms with Gasteiger partial charge in [-0.25, -0.2) is 9.67 Å². The quantitative estimate of drug-likeness (QED) is 0.333. The molecule has 1 fully saturated rings. The van der Waals surface area contributed by atoms with Crippen LogP contribution in [0.5, 0.6) is 5.75 Å². The second-order valence-electron chi connectivity index (χ2n) is 7.23. The first-order valence-corrected chi connectivity index (χ1v) is 10.6. The molecule has 8 heteroatoms. The Morgan fingerprint density at radius 2 is 2.13 bits per heavy atom. The summed E-state index contributed by atoms with van der Waals surface area (Å²) in [7, 11) is 1.66. The minimum absolute atomic E-state index is 0.511. The molecule has 0 saturated carbocycles. The Bertz CT molecular complexity index is 769. The van der Waals surface area contributed by atoms with Crippen molar-refractivity contribution in [1.29, 1.82) is 0 Å². The van der Waals surface area contributed by atoms with Crippen LogP contribution in [0.15, 0.2) is 41.5 Å². The second-order valence-corrected chi connectivity index (χ2v) is 7.23. The summed E-state index contributed by atoms with van der Waals surface area (Å²) in [6, 6.07) is 9.79. The summed E-state index contributed by atoms with van der Waals surface area (Å²) in [5, 5.41) is 11.2. The molecule has 1 aromatic carbocycles. The van der Waals surface area contributed by atoms with Crippen LogP contribution in [0.3, 0.4) is 0 Å². The van der Waals surface area contributed by atoms with Crippen LogP contribution in [0.4, 0.5) is 0 Å². The summed E-state index contributed by atoms with van der Waals surface area (Å²) >= 11 is 0. The summed E-state index contributed by atoms with van der Waals surface area (Å²) in [5.41, 5.74) is 1.89. The normalized spacial score (nSPS) is 16.6. The third-order valence-corrected chi connectivity index (χ3v) is 4.86. The molecule has 1 saturated heterocycles. The van der Waals surface area contributed by atoms with Gasteiger partial charge in [-0.2, -0.15) is 5.10 Å². The molecule has 1 aromatic heterocycles. The van der Waals surface area contributed by atoms with Crippen molar-refractivity contribution in [3.05, 3.63) is 42.2 Å². The van der Waals surface area contributed by atoms with Crippen molar-refractivity contribution in [1.82, 2.24) is 20.4 Å². The van der Waals surface area contributed by atoms with E-state index in [9.17, 15) is 0 Å². The zero-order valence-electron chi connectivity index (χ0n) is 18.0. The molecule has 8 nitrogen and oxygen atoms in total. The van der Waals surface area contributed by atoms with Crippen molar-refractivity contribution >= 4 is 5.96 Å². The zero-order chi connectivity index (χ0) is 21.0. The van der Waals surface area contributed by atoms with Crippen molar-refractivity contribution in [3.63, 3.8) is 0 Å². The maximum absolute atomic E-state index is 5.75. The summed E-state index contributed by atoms with van der Waals surface area (Å²) in [4.78, 5) is 4.64. The molecule has 1 unspecified atom stereocenters. The molecule has 0 aliphatic carbocycles. The van der Waals surface area contributed by atoms with E-state index in [4.69, 9.17) is 14.2 Å². The first kappa shape index (κ1) is 22.1. The van der Waals surface area contributed by atoms with Gasteiger partial charge in [0.05, 0.1) is 38.2 Å². The lowest BCUT2D eigenvalue weighted by Gasteiger charge is -2.12. The third-order valence-electron chi connectivity index (χ3n) is 4.86. The highest BCUT2D eigenvalue weighted by Crippen LogP contribution is 2.15. The second kappa shape index (κ2) is 12.2. The van der Waals surface area contributed by atoms with E-state index in [1.165, 1.54) is 0 Å². The Labute approximate surface area is 178 Å². The number of ether oxygens (including phenoxy) is 3. The summed E-state index contributed by atoms with van der Waals surface area (Å²) in [5.74, 6) is 2.19. The molecule has 2 N–H and O–H groups in total. The molecule has 3 rings (SSSR count). The largest absolute Gasteiger partial charge is 0.497 e. The van der Waals surface area contributed by atoms with E-state index < -0.39 is 0 Å². The molecular weight excluding hydrogens is 382 g/mol. The molecule has 0 spiro atoms. The molecule has 0 bridgehead atoms. The predicted octanol–water partition coefficient (Wildman–Crippen LogP) is 2.38. The highest BCUT2D eigenvalue weighted by Gasteiger charge is 2.15. The van der Waals surface area contributed by atoms with Crippen molar-refractivity contribution in [2.75, 3.05) is 46.6 Å². The fourth-order valence-corrected chi connectivity index (χ4v) is 3.17. The topological polar surface area (TPSA) is 81.9 Å². The summed E-state index contributed by atoms with van der Waals surface area (Å²) < 4.78 is 18.2. The lowest BCUT2D eigenvalue weighted by atomic mass is 10.1. The maximum atomic E-state index is 5.75. The molecule has 1 aliphatic heterocycles. The standard InChI is InChI=1S/C22H33N5O3/c1-3-23-22(24-11-4-13-29-16-18-10-14-30-17-18)25-15-19-9-12-27(26-19)20-5-7-21(28-2)8-6-20/h5-9,12,18H,3-4,10-11,13-17H2,1-2H3,(H2,23,24,25). The minimum atomic E-state index is 0.511. The van der Waals surface area contributed by atoms with Crippen LogP contribution in [0, 0.1) is 5.92 Å². The molecule has 30 heavy (non-hydrogen) atoms. The Morgan fingerprint density at radius 3 is 2.87 bits per heavy atom. The van der Waals surface area contributed by atoms with Crippen molar-refractivity contribution in [3.8, 4) is 11.4 Å². The van der Waals surface area contributed by atoms with Gasteiger partial charge in [-0.1, -0.05) is 0 Å². The van der Waals surface area contributed by atoms with Crippen molar-refractivity contribution in [2.24, 2.45) is 10.9 Å². The average molecular weight is 416 g/mol. The van der Waals surface area contributed by atoms with Gasteiger partial charge >= 0.3 is 0 Å². The van der Waals surface area contributed by atoms with E-state index in [1.54, 1.807) is 7.11 Å². The van der Waals surface area contributed by atoms with Gasteiger partial charge in [0.2, 0.25) is 0 Å². The van der Waals surface area contributed by atoms with E-state index in [0.29, 0.717) is 12.5 Å². The number of hydrogen-bond donors (Lipinski definition) is 2. The first-order chi connectivity index (χ1) is 14.8. The number of aliphatic imine (C=N–C) groups is 1. The van der Waals surface area contributed by atoms with Crippen molar-refractivity contribution in [2.45, 2.75) is 26.3 Å². The van der Waals surface area contributed by atoms with Crippen LogP contribution in [0.2, 0.25) is 0 Å². The fraction of sp³-hybridized carbons (Fsp3) is 0.545. The molecule has 0 amide bonds.